The number of ether oxygens (including phenoxy) is 1. The number of carbonyl (C=O) groups is 1. The van der Waals surface area contributed by atoms with Gasteiger partial charge in [0, 0.05) is 26.3 Å². The number of hydrogen-bond acceptors (Lipinski definition) is 3. The van der Waals surface area contributed by atoms with Crippen molar-refractivity contribution in [1.82, 2.24) is 5.32 Å². The lowest BCUT2D eigenvalue weighted by molar-refractivity contribution is -0.131. The third-order valence-electron chi connectivity index (χ3n) is 1.36. The van der Waals surface area contributed by atoms with Crippen molar-refractivity contribution in [2.75, 3.05) is 20.2 Å². The molecule has 0 aromatic carbocycles. The monoisotopic (exact) mass is 173 g/mol. The summed E-state index contributed by atoms with van der Waals surface area (Å²) < 4.78 is 4.97. The van der Waals surface area contributed by atoms with E-state index in [1.54, 1.807) is 13.2 Å². The number of hydrogen-bond donors (Lipinski definition) is 2. The number of methoxy groups -OCH3 is 1. The van der Waals surface area contributed by atoms with Crippen LogP contribution < -0.4 is 5.32 Å². The zero-order chi connectivity index (χ0) is 9.40. The van der Waals surface area contributed by atoms with Crippen LogP contribution in [0.25, 0.3) is 0 Å². The van der Waals surface area contributed by atoms with Crippen LogP contribution in [-0.2, 0) is 9.53 Å². The van der Waals surface area contributed by atoms with E-state index in [1.165, 1.54) is 0 Å². The van der Waals surface area contributed by atoms with Crippen molar-refractivity contribution in [2.45, 2.75) is 13.0 Å². The molecule has 4 nitrogen and oxygen atoms in total. The summed E-state index contributed by atoms with van der Waals surface area (Å²) >= 11 is 0. The maximum absolute atomic E-state index is 10.0. The maximum atomic E-state index is 10.0. The molecule has 0 aromatic heterocycles. The largest absolute Gasteiger partial charge is 0.478 e. The molecule has 0 aliphatic carbocycles. The molecular formula is C8H15NO3. The predicted molar refractivity (Wildman–Crippen MR) is 46.1 cm³/mol. The van der Waals surface area contributed by atoms with Gasteiger partial charge < -0.3 is 15.2 Å². The normalized spacial score (nSPS) is 13.5. The van der Waals surface area contributed by atoms with Crippen molar-refractivity contribution in [3.05, 3.63) is 12.2 Å². The van der Waals surface area contributed by atoms with E-state index in [1.807, 2.05) is 6.92 Å². The summed E-state index contributed by atoms with van der Waals surface area (Å²) in [4.78, 5) is 10.0. The van der Waals surface area contributed by atoms with Gasteiger partial charge in [0.25, 0.3) is 0 Å². The second-order valence-electron chi connectivity index (χ2n) is 2.45. The standard InChI is InChI=1S/C8H15NO3/c1-7(12-2)6-9-5-3-4-8(10)11/h3-4,7,9H,5-6H2,1-2H3,(H,10,11)/b4-3+. The third kappa shape index (κ3) is 7.24. The van der Waals surface area contributed by atoms with Crippen LogP contribution in [0, 0.1) is 0 Å². The molecule has 0 radical (unpaired) electrons. The van der Waals surface area contributed by atoms with Crippen LogP contribution in [0.3, 0.4) is 0 Å². The van der Waals surface area contributed by atoms with E-state index in [4.69, 9.17) is 9.84 Å². The molecule has 0 aliphatic heterocycles. The zero-order valence-corrected chi connectivity index (χ0v) is 7.41. The van der Waals surface area contributed by atoms with Gasteiger partial charge in [0.15, 0.2) is 0 Å². The lowest BCUT2D eigenvalue weighted by atomic mass is 10.4. The molecule has 1 unspecified atom stereocenters. The van der Waals surface area contributed by atoms with Gasteiger partial charge in [-0.15, -0.1) is 0 Å². The van der Waals surface area contributed by atoms with Gasteiger partial charge in [-0.05, 0) is 6.92 Å². The Balaban J connectivity index is 3.26. The number of carboxylic acid groups (broad SMARTS) is 1. The van der Waals surface area contributed by atoms with Crippen molar-refractivity contribution in [1.29, 1.82) is 0 Å². The summed E-state index contributed by atoms with van der Waals surface area (Å²) in [6.07, 6.45) is 2.83. The van der Waals surface area contributed by atoms with Crippen molar-refractivity contribution in [3.63, 3.8) is 0 Å². The van der Waals surface area contributed by atoms with Crippen molar-refractivity contribution >= 4 is 5.97 Å². The fraction of sp³-hybridized carbons (Fsp3) is 0.625. The molecule has 0 fully saturated rings. The molecule has 0 saturated heterocycles. The molecule has 0 aliphatic rings. The highest BCUT2D eigenvalue weighted by molar-refractivity contribution is 5.79. The molecule has 0 rings (SSSR count). The van der Waals surface area contributed by atoms with Crippen LogP contribution in [0.2, 0.25) is 0 Å². The fourth-order valence-electron chi connectivity index (χ4n) is 0.613. The average molecular weight is 173 g/mol. The topological polar surface area (TPSA) is 58.6 Å². The molecule has 12 heavy (non-hydrogen) atoms. The second-order valence-corrected chi connectivity index (χ2v) is 2.45. The van der Waals surface area contributed by atoms with Gasteiger partial charge in [-0.1, -0.05) is 6.08 Å². The smallest absolute Gasteiger partial charge is 0.328 e. The lowest BCUT2D eigenvalue weighted by Gasteiger charge is -2.08. The molecule has 0 saturated carbocycles. The van der Waals surface area contributed by atoms with Crippen LogP contribution in [-0.4, -0.2) is 37.4 Å². The van der Waals surface area contributed by atoms with E-state index in [9.17, 15) is 4.79 Å². The summed E-state index contributed by atoms with van der Waals surface area (Å²) in [5.41, 5.74) is 0. The quantitative estimate of drug-likeness (QED) is 0.446. The van der Waals surface area contributed by atoms with Gasteiger partial charge in [-0.2, -0.15) is 0 Å². The third-order valence-corrected chi connectivity index (χ3v) is 1.36. The summed E-state index contributed by atoms with van der Waals surface area (Å²) in [5.74, 6) is -0.920. The van der Waals surface area contributed by atoms with E-state index in [0.717, 1.165) is 12.6 Å². The van der Waals surface area contributed by atoms with Gasteiger partial charge in [0.2, 0.25) is 0 Å². The number of carboxylic acids is 1. The Bertz CT molecular complexity index is 156. The zero-order valence-electron chi connectivity index (χ0n) is 7.41. The van der Waals surface area contributed by atoms with E-state index >= 15 is 0 Å². The van der Waals surface area contributed by atoms with Crippen LogP contribution in [0.1, 0.15) is 6.92 Å². The minimum absolute atomic E-state index is 0.156. The Morgan fingerprint density at radius 2 is 2.42 bits per heavy atom. The lowest BCUT2D eigenvalue weighted by Crippen LogP contribution is -2.26. The minimum Gasteiger partial charge on any atom is -0.478 e. The first-order valence-electron chi connectivity index (χ1n) is 3.79. The highest BCUT2D eigenvalue weighted by atomic mass is 16.5. The van der Waals surface area contributed by atoms with Crippen molar-refractivity contribution in [3.8, 4) is 0 Å². The van der Waals surface area contributed by atoms with Crippen molar-refractivity contribution in [2.24, 2.45) is 0 Å². The highest BCUT2D eigenvalue weighted by Gasteiger charge is 1.95. The molecule has 4 heteroatoms. The van der Waals surface area contributed by atoms with Crippen LogP contribution in [0.5, 0.6) is 0 Å². The minimum atomic E-state index is -0.920. The maximum Gasteiger partial charge on any atom is 0.328 e. The number of aliphatic carboxylic acids is 1. The van der Waals surface area contributed by atoms with E-state index in [-0.39, 0.29) is 6.10 Å². The first-order valence-corrected chi connectivity index (χ1v) is 3.79. The Labute approximate surface area is 72.2 Å². The van der Waals surface area contributed by atoms with Gasteiger partial charge in [0.1, 0.15) is 0 Å². The molecule has 0 bridgehead atoms. The molecule has 1 atom stereocenters. The van der Waals surface area contributed by atoms with Crippen molar-refractivity contribution < 1.29 is 14.6 Å². The van der Waals surface area contributed by atoms with E-state index < -0.39 is 5.97 Å². The van der Waals surface area contributed by atoms with Crippen LogP contribution in [0.15, 0.2) is 12.2 Å². The summed E-state index contributed by atoms with van der Waals surface area (Å²) in [6, 6.07) is 0. The first-order chi connectivity index (χ1) is 5.66. The number of rotatable bonds is 6. The van der Waals surface area contributed by atoms with Gasteiger partial charge in [-0.3, -0.25) is 0 Å². The van der Waals surface area contributed by atoms with Crippen LogP contribution in [0.4, 0.5) is 0 Å². The van der Waals surface area contributed by atoms with Crippen LogP contribution >= 0.6 is 0 Å². The Hall–Kier alpha value is -0.870. The molecule has 0 spiro atoms. The SMILES string of the molecule is COC(C)CNC/C=C/C(=O)O. The molecule has 2 N–H and O–H groups in total. The summed E-state index contributed by atoms with van der Waals surface area (Å²) in [6.45, 7) is 3.22. The summed E-state index contributed by atoms with van der Waals surface area (Å²) in [5, 5.41) is 11.2. The first kappa shape index (κ1) is 11.1. The van der Waals surface area contributed by atoms with Gasteiger partial charge >= 0.3 is 5.97 Å². The molecule has 70 valence electrons. The van der Waals surface area contributed by atoms with E-state index in [2.05, 4.69) is 5.32 Å². The molecule has 0 aromatic rings. The van der Waals surface area contributed by atoms with E-state index in [0.29, 0.717) is 6.54 Å². The summed E-state index contributed by atoms with van der Waals surface area (Å²) in [7, 11) is 1.64. The Kier molecular flexibility index (Phi) is 6.32. The average Bonchev–Trinajstić information content (AvgIpc) is 2.03. The number of nitrogens with one attached hydrogen (secondary N) is 1. The Morgan fingerprint density at radius 1 is 1.75 bits per heavy atom. The highest BCUT2D eigenvalue weighted by Crippen LogP contribution is 1.82. The fourth-order valence-corrected chi connectivity index (χ4v) is 0.613. The molecular weight excluding hydrogens is 158 g/mol. The van der Waals surface area contributed by atoms with Gasteiger partial charge in [0.05, 0.1) is 6.10 Å². The Morgan fingerprint density at radius 3 is 2.92 bits per heavy atom. The van der Waals surface area contributed by atoms with Gasteiger partial charge in [-0.25, -0.2) is 4.79 Å². The molecule has 0 amide bonds. The molecule has 0 heterocycles. The second kappa shape index (κ2) is 6.82. The predicted octanol–water partition coefficient (Wildman–Crippen LogP) is 0.252.